The van der Waals surface area contributed by atoms with Gasteiger partial charge in [0.1, 0.15) is 0 Å². The Labute approximate surface area is 127 Å². The van der Waals surface area contributed by atoms with E-state index >= 15 is 0 Å². The molecule has 0 bridgehead atoms. The summed E-state index contributed by atoms with van der Waals surface area (Å²) in [5, 5.41) is 0. The first-order chi connectivity index (χ1) is 9.42. The van der Waals surface area contributed by atoms with Gasteiger partial charge in [-0.1, -0.05) is 40.2 Å². The van der Waals surface area contributed by atoms with Crippen molar-refractivity contribution in [3.05, 3.63) is 63.6 Å². The van der Waals surface area contributed by atoms with Crippen molar-refractivity contribution in [3.8, 4) is 0 Å². The number of halogens is 1. The van der Waals surface area contributed by atoms with E-state index in [2.05, 4.69) is 15.9 Å². The second-order valence-electron chi connectivity index (χ2n) is 4.68. The van der Waals surface area contributed by atoms with Gasteiger partial charge in [0.2, 0.25) is 0 Å². The van der Waals surface area contributed by atoms with Crippen molar-refractivity contribution in [3.63, 3.8) is 0 Å². The molecule has 2 aromatic rings. The topological polar surface area (TPSA) is 60.2 Å². The third-order valence-electron chi connectivity index (χ3n) is 3.14. The molecule has 0 amide bonds. The summed E-state index contributed by atoms with van der Waals surface area (Å²) in [5.74, 6) is 0.000137. The van der Waals surface area contributed by atoms with Crippen LogP contribution in [0.5, 0.6) is 0 Å². The predicted molar refractivity (Wildman–Crippen MR) is 84.1 cm³/mol. The Balaban J connectivity index is 2.33. The third kappa shape index (κ3) is 3.48. The van der Waals surface area contributed by atoms with Crippen LogP contribution in [0, 0.1) is 6.92 Å². The summed E-state index contributed by atoms with van der Waals surface area (Å²) in [4.78, 5) is 0.328. The highest BCUT2D eigenvalue weighted by atomic mass is 79.9. The van der Waals surface area contributed by atoms with Crippen molar-refractivity contribution in [2.45, 2.75) is 24.1 Å². The Morgan fingerprint density at radius 3 is 2.50 bits per heavy atom. The van der Waals surface area contributed by atoms with Gasteiger partial charge in [-0.2, -0.15) is 0 Å². The maximum Gasteiger partial charge on any atom is 0.182 e. The molecule has 0 aliphatic heterocycles. The standard InChI is InChI=1S/C15H16BrNO2S/c1-11-7-12(9-17)5-6-13(11)10-20(18,19)15-4-2-3-14(16)8-15/h2-8H,9-10,17H2,1H3. The van der Waals surface area contributed by atoms with Gasteiger partial charge in [-0.05, 0) is 41.8 Å². The largest absolute Gasteiger partial charge is 0.326 e. The van der Waals surface area contributed by atoms with E-state index in [0.29, 0.717) is 11.4 Å². The Hall–Kier alpha value is -1.17. The Morgan fingerprint density at radius 2 is 1.90 bits per heavy atom. The van der Waals surface area contributed by atoms with Gasteiger partial charge in [0, 0.05) is 11.0 Å². The van der Waals surface area contributed by atoms with Crippen molar-refractivity contribution < 1.29 is 8.42 Å². The second kappa shape index (κ2) is 6.08. The lowest BCUT2D eigenvalue weighted by Gasteiger charge is -2.09. The zero-order valence-corrected chi connectivity index (χ0v) is 13.5. The average molecular weight is 354 g/mol. The van der Waals surface area contributed by atoms with Crippen LogP contribution in [0.1, 0.15) is 16.7 Å². The summed E-state index contributed by atoms with van der Waals surface area (Å²) in [6, 6.07) is 12.4. The van der Waals surface area contributed by atoms with Gasteiger partial charge in [0.15, 0.2) is 9.84 Å². The summed E-state index contributed by atoms with van der Waals surface area (Å²) in [5.41, 5.74) is 8.34. The molecule has 106 valence electrons. The first-order valence-corrected chi connectivity index (χ1v) is 8.64. The van der Waals surface area contributed by atoms with Gasteiger partial charge < -0.3 is 5.73 Å². The molecule has 2 rings (SSSR count). The van der Waals surface area contributed by atoms with Gasteiger partial charge >= 0.3 is 0 Å². The van der Waals surface area contributed by atoms with Crippen LogP contribution < -0.4 is 5.73 Å². The number of aryl methyl sites for hydroxylation is 1. The number of rotatable bonds is 4. The van der Waals surface area contributed by atoms with Crippen molar-refractivity contribution in [2.24, 2.45) is 5.73 Å². The molecule has 0 aromatic heterocycles. The number of hydrogen-bond donors (Lipinski definition) is 1. The number of sulfone groups is 1. The zero-order chi connectivity index (χ0) is 14.8. The van der Waals surface area contributed by atoms with E-state index in [-0.39, 0.29) is 5.75 Å². The predicted octanol–water partition coefficient (Wildman–Crippen LogP) is 3.19. The monoisotopic (exact) mass is 353 g/mol. The van der Waals surface area contributed by atoms with Crippen LogP contribution in [0.15, 0.2) is 51.8 Å². The maximum absolute atomic E-state index is 12.4. The summed E-state index contributed by atoms with van der Waals surface area (Å²) in [7, 11) is -3.34. The molecule has 0 unspecified atom stereocenters. The lowest BCUT2D eigenvalue weighted by Crippen LogP contribution is -2.07. The summed E-state index contributed by atoms with van der Waals surface area (Å²) in [6.07, 6.45) is 0. The second-order valence-corrected chi connectivity index (χ2v) is 7.59. The molecule has 0 saturated carbocycles. The van der Waals surface area contributed by atoms with E-state index in [1.54, 1.807) is 24.3 Å². The maximum atomic E-state index is 12.4. The number of nitrogens with two attached hydrogens (primary N) is 1. The van der Waals surface area contributed by atoms with Crippen LogP contribution in [0.25, 0.3) is 0 Å². The van der Waals surface area contributed by atoms with Crippen LogP contribution >= 0.6 is 15.9 Å². The quantitative estimate of drug-likeness (QED) is 0.917. The molecule has 0 aliphatic carbocycles. The molecule has 3 nitrogen and oxygen atoms in total. The summed E-state index contributed by atoms with van der Waals surface area (Å²) in [6.45, 7) is 2.37. The molecule has 0 fully saturated rings. The minimum atomic E-state index is -3.34. The molecule has 5 heteroatoms. The third-order valence-corrected chi connectivity index (χ3v) is 5.30. The molecular weight excluding hydrogens is 338 g/mol. The summed E-state index contributed by atoms with van der Waals surface area (Å²) >= 11 is 3.30. The molecule has 2 N–H and O–H groups in total. The van der Waals surface area contributed by atoms with Gasteiger partial charge in [-0.25, -0.2) is 8.42 Å². The van der Waals surface area contributed by atoms with Crippen LogP contribution in [0.4, 0.5) is 0 Å². The van der Waals surface area contributed by atoms with Crippen LogP contribution in [-0.4, -0.2) is 8.42 Å². The highest BCUT2D eigenvalue weighted by molar-refractivity contribution is 9.10. The first-order valence-electron chi connectivity index (χ1n) is 6.19. The SMILES string of the molecule is Cc1cc(CN)ccc1CS(=O)(=O)c1cccc(Br)c1. The lowest BCUT2D eigenvalue weighted by atomic mass is 10.1. The summed E-state index contributed by atoms with van der Waals surface area (Å²) < 4.78 is 25.6. The van der Waals surface area contributed by atoms with Gasteiger partial charge in [-0.15, -0.1) is 0 Å². The fourth-order valence-corrected chi connectivity index (χ4v) is 4.04. The molecule has 0 aliphatic rings. The first kappa shape index (κ1) is 15.2. The number of benzene rings is 2. The zero-order valence-electron chi connectivity index (χ0n) is 11.1. The molecule has 0 heterocycles. The number of hydrogen-bond acceptors (Lipinski definition) is 3. The molecule has 0 atom stereocenters. The molecular formula is C15H16BrNO2S. The molecule has 2 aromatic carbocycles. The average Bonchev–Trinajstić information content (AvgIpc) is 2.41. The highest BCUT2D eigenvalue weighted by Gasteiger charge is 2.16. The van der Waals surface area contributed by atoms with Crippen LogP contribution in [0.2, 0.25) is 0 Å². The van der Waals surface area contributed by atoms with Crippen LogP contribution in [0.3, 0.4) is 0 Å². The molecule has 0 spiro atoms. The van der Waals surface area contributed by atoms with E-state index in [1.807, 2.05) is 25.1 Å². The van der Waals surface area contributed by atoms with Crippen molar-refractivity contribution in [2.75, 3.05) is 0 Å². The van der Waals surface area contributed by atoms with Crippen molar-refractivity contribution >= 4 is 25.8 Å². The van der Waals surface area contributed by atoms with Crippen molar-refractivity contribution in [1.29, 1.82) is 0 Å². The Morgan fingerprint density at radius 1 is 1.15 bits per heavy atom. The smallest absolute Gasteiger partial charge is 0.182 e. The van der Waals surface area contributed by atoms with E-state index in [9.17, 15) is 8.42 Å². The van der Waals surface area contributed by atoms with Crippen LogP contribution in [-0.2, 0) is 22.1 Å². The highest BCUT2D eigenvalue weighted by Crippen LogP contribution is 2.22. The van der Waals surface area contributed by atoms with E-state index in [4.69, 9.17) is 5.73 Å². The normalized spacial score (nSPS) is 11.6. The van der Waals surface area contributed by atoms with Crippen molar-refractivity contribution in [1.82, 2.24) is 0 Å². The van der Waals surface area contributed by atoms with Gasteiger partial charge in [0.25, 0.3) is 0 Å². The van der Waals surface area contributed by atoms with Gasteiger partial charge in [0.05, 0.1) is 10.6 Å². The minimum absolute atomic E-state index is 0.000137. The fraction of sp³-hybridized carbons (Fsp3) is 0.200. The fourth-order valence-electron chi connectivity index (χ4n) is 2.00. The Kier molecular flexibility index (Phi) is 4.62. The van der Waals surface area contributed by atoms with Gasteiger partial charge in [-0.3, -0.25) is 0 Å². The van der Waals surface area contributed by atoms with E-state index in [1.165, 1.54) is 0 Å². The lowest BCUT2D eigenvalue weighted by molar-refractivity contribution is 0.595. The molecule has 0 saturated heterocycles. The van der Waals surface area contributed by atoms with E-state index < -0.39 is 9.84 Å². The minimum Gasteiger partial charge on any atom is -0.326 e. The molecule has 20 heavy (non-hydrogen) atoms. The molecule has 0 radical (unpaired) electrons. The Bertz CT molecular complexity index is 726. The van der Waals surface area contributed by atoms with E-state index in [0.717, 1.165) is 21.2 Å².